The second kappa shape index (κ2) is 5.35. The van der Waals surface area contributed by atoms with Crippen LogP contribution in [0.5, 0.6) is 0 Å². The van der Waals surface area contributed by atoms with E-state index in [9.17, 15) is 13.2 Å². The van der Waals surface area contributed by atoms with Crippen LogP contribution in [0.15, 0.2) is 0 Å². The quantitative estimate of drug-likeness (QED) is 0.805. The van der Waals surface area contributed by atoms with E-state index in [1.54, 1.807) is 4.90 Å². The lowest BCUT2D eigenvalue weighted by Crippen LogP contribution is -2.51. The first-order chi connectivity index (χ1) is 7.72. The van der Waals surface area contributed by atoms with Gasteiger partial charge < -0.3 is 4.90 Å². The summed E-state index contributed by atoms with van der Waals surface area (Å²) in [4.78, 5) is 14.1. The van der Waals surface area contributed by atoms with Crippen molar-refractivity contribution in [3.05, 3.63) is 0 Å². The highest BCUT2D eigenvalue weighted by Crippen LogP contribution is 2.19. The molecule has 2 unspecified atom stereocenters. The molecule has 0 aliphatic carbocycles. The van der Waals surface area contributed by atoms with Gasteiger partial charge in [0.2, 0.25) is 15.9 Å². The molecule has 1 fully saturated rings. The predicted octanol–water partition coefficient (Wildman–Crippen LogP) is 0.571. The van der Waals surface area contributed by atoms with E-state index in [4.69, 9.17) is 0 Å². The molecule has 2 atom stereocenters. The lowest BCUT2D eigenvalue weighted by Gasteiger charge is -2.29. The average molecular weight is 262 g/mol. The number of carbonyl (C=O) groups is 1. The van der Waals surface area contributed by atoms with Crippen molar-refractivity contribution in [3.63, 3.8) is 0 Å². The number of hydrogen-bond donors (Lipinski definition) is 1. The molecule has 1 heterocycles. The van der Waals surface area contributed by atoms with E-state index in [2.05, 4.69) is 4.72 Å². The Morgan fingerprint density at radius 1 is 1.41 bits per heavy atom. The summed E-state index contributed by atoms with van der Waals surface area (Å²) < 4.78 is 25.0. The zero-order chi connectivity index (χ0) is 13.2. The Balaban J connectivity index is 2.80. The van der Waals surface area contributed by atoms with Gasteiger partial charge in [-0.05, 0) is 25.7 Å². The van der Waals surface area contributed by atoms with Gasteiger partial charge in [-0.3, -0.25) is 4.79 Å². The molecule has 0 bridgehead atoms. The van der Waals surface area contributed by atoms with Gasteiger partial charge in [-0.15, -0.1) is 0 Å². The Morgan fingerprint density at radius 3 is 2.35 bits per heavy atom. The van der Waals surface area contributed by atoms with Gasteiger partial charge in [0, 0.05) is 12.6 Å². The van der Waals surface area contributed by atoms with Crippen LogP contribution in [0.4, 0.5) is 0 Å². The lowest BCUT2D eigenvalue weighted by molar-refractivity contribution is -0.134. The number of likely N-dealkylation sites (tertiary alicyclic amines) is 1. The highest BCUT2D eigenvalue weighted by Gasteiger charge is 2.33. The molecule has 0 aromatic carbocycles. The minimum Gasteiger partial charge on any atom is -0.339 e. The minimum absolute atomic E-state index is 0.0509. The Morgan fingerprint density at radius 2 is 2.00 bits per heavy atom. The maximum absolute atomic E-state index is 12.3. The monoisotopic (exact) mass is 262 g/mol. The second-order valence-electron chi connectivity index (χ2n) is 5.13. The second-order valence-corrected chi connectivity index (χ2v) is 6.91. The van der Waals surface area contributed by atoms with Gasteiger partial charge in [0.05, 0.1) is 6.26 Å². The summed E-state index contributed by atoms with van der Waals surface area (Å²) in [7, 11) is -3.36. The molecule has 0 radical (unpaired) electrons. The van der Waals surface area contributed by atoms with E-state index >= 15 is 0 Å². The molecule has 17 heavy (non-hydrogen) atoms. The summed E-state index contributed by atoms with van der Waals surface area (Å²) in [6, 6.07) is -0.435. The molecule has 0 aromatic heterocycles. The topological polar surface area (TPSA) is 66.5 Å². The van der Waals surface area contributed by atoms with Crippen LogP contribution in [0.25, 0.3) is 0 Å². The highest BCUT2D eigenvalue weighted by atomic mass is 32.2. The number of amides is 1. The standard InChI is InChI=1S/C11H22N2O3S/c1-8(2)10(12-17(4,15)16)11(14)13-7-5-6-9(13)3/h8-10,12H,5-7H2,1-4H3. The van der Waals surface area contributed by atoms with Crippen molar-refractivity contribution >= 4 is 15.9 Å². The summed E-state index contributed by atoms with van der Waals surface area (Å²) in [5.41, 5.74) is 0. The number of nitrogens with one attached hydrogen (secondary N) is 1. The Hall–Kier alpha value is -0.620. The zero-order valence-corrected chi connectivity index (χ0v) is 11.8. The molecule has 1 amide bonds. The molecule has 1 aliphatic rings. The zero-order valence-electron chi connectivity index (χ0n) is 10.9. The van der Waals surface area contributed by atoms with Gasteiger partial charge in [-0.25, -0.2) is 13.1 Å². The molecule has 1 rings (SSSR count). The third-order valence-corrected chi connectivity index (χ3v) is 3.79. The normalized spacial score (nSPS) is 23.1. The van der Waals surface area contributed by atoms with Crippen molar-refractivity contribution in [2.24, 2.45) is 5.92 Å². The van der Waals surface area contributed by atoms with Crippen LogP contribution in [0.2, 0.25) is 0 Å². The fourth-order valence-electron chi connectivity index (χ4n) is 2.14. The number of sulfonamides is 1. The first kappa shape index (κ1) is 14.4. The van der Waals surface area contributed by atoms with Crippen LogP contribution < -0.4 is 4.72 Å². The average Bonchev–Trinajstić information content (AvgIpc) is 2.58. The predicted molar refractivity (Wildman–Crippen MR) is 67.0 cm³/mol. The van der Waals surface area contributed by atoms with E-state index < -0.39 is 16.1 Å². The van der Waals surface area contributed by atoms with E-state index in [1.807, 2.05) is 20.8 Å². The molecule has 1 aliphatic heterocycles. The van der Waals surface area contributed by atoms with Crippen molar-refractivity contribution in [2.45, 2.75) is 45.7 Å². The molecule has 5 nitrogen and oxygen atoms in total. The minimum atomic E-state index is -3.36. The highest BCUT2D eigenvalue weighted by molar-refractivity contribution is 7.88. The summed E-state index contributed by atoms with van der Waals surface area (Å²) in [5, 5.41) is 0. The van der Waals surface area contributed by atoms with Crippen LogP contribution in [0, 0.1) is 5.92 Å². The number of carbonyl (C=O) groups excluding carboxylic acids is 1. The van der Waals surface area contributed by atoms with Crippen molar-refractivity contribution in [1.29, 1.82) is 0 Å². The number of rotatable bonds is 4. The Kier molecular flexibility index (Phi) is 4.55. The van der Waals surface area contributed by atoms with Crippen LogP contribution in [-0.4, -0.2) is 44.1 Å². The van der Waals surface area contributed by atoms with Crippen LogP contribution in [-0.2, 0) is 14.8 Å². The van der Waals surface area contributed by atoms with Crippen LogP contribution in [0.1, 0.15) is 33.6 Å². The molecule has 100 valence electrons. The summed E-state index contributed by atoms with van der Waals surface area (Å²) in [5.74, 6) is -0.152. The molecule has 1 saturated heterocycles. The molecule has 0 saturated carbocycles. The number of nitrogens with zero attached hydrogens (tertiary/aromatic N) is 1. The van der Waals surface area contributed by atoms with Crippen LogP contribution >= 0.6 is 0 Å². The SMILES string of the molecule is CC(C)C(NS(C)(=O)=O)C(=O)N1CCCC1C. The number of hydrogen-bond acceptors (Lipinski definition) is 3. The lowest BCUT2D eigenvalue weighted by atomic mass is 10.0. The van der Waals surface area contributed by atoms with E-state index in [1.165, 1.54) is 0 Å². The van der Waals surface area contributed by atoms with E-state index in [-0.39, 0.29) is 17.9 Å². The Labute approximate surface area is 104 Å². The maximum Gasteiger partial charge on any atom is 0.241 e. The fraction of sp³-hybridized carbons (Fsp3) is 0.909. The van der Waals surface area contributed by atoms with Gasteiger partial charge >= 0.3 is 0 Å². The fourth-order valence-corrected chi connectivity index (χ4v) is 2.98. The largest absolute Gasteiger partial charge is 0.339 e. The first-order valence-electron chi connectivity index (χ1n) is 6.00. The molecule has 0 aromatic rings. The molecule has 1 N–H and O–H groups in total. The van der Waals surface area contributed by atoms with Gasteiger partial charge in [0.15, 0.2) is 0 Å². The Bertz CT molecular complexity index is 378. The third-order valence-electron chi connectivity index (χ3n) is 3.11. The molecule has 0 spiro atoms. The first-order valence-corrected chi connectivity index (χ1v) is 7.89. The van der Waals surface area contributed by atoms with Crippen molar-refractivity contribution < 1.29 is 13.2 Å². The van der Waals surface area contributed by atoms with Gasteiger partial charge in [0.25, 0.3) is 0 Å². The van der Waals surface area contributed by atoms with Gasteiger partial charge in [-0.2, -0.15) is 0 Å². The van der Waals surface area contributed by atoms with Crippen molar-refractivity contribution in [2.75, 3.05) is 12.8 Å². The summed E-state index contributed by atoms with van der Waals surface area (Å²) in [6.45, 7) is 6.43. The third kappa shape index (κ3) is 3.96. The van der Waals surface area contributed by atoms with Crippen molar-refractivity contribution in [1.82, 2.24) is 9.62 Å². The molecular weight excluding hydrogens is 240 g/mol. The van der Waals surface area contributed by atoms with E-state index in [0.29, 0.717) is 0 Å². The summed E-state index contributed by atoms with van der Waals surface area (Å²) >= 11 is 0. The maximum atomic E-state index is 12.3. The van der Waals surface area contributed by atoms with Crippen molar-refractivity contribution in [3.8, 4) is 0 Å². The molecular formula is C11H22N2O3S. The molecule has 6 heteroatoms. The smallest absolute Gasteiger partial charge is 0.241 e. The summed E-state index contributed by atoms with van der Waals surface area (Å²) in [6.07, 6.45) is 3.08. The van der Waals surface area contributed by atoms with Gasteiger partial charge in [-0.1, -0.05) is 13.8 Å². The van der Waals surface area contributed by atoms with E-state index in [0.717, 1.165) is 25.6 Å². The van der Waals surface area contributed by atoms with Gasteiger partial charge in [0.1, 0.15) is 6.04 Å². The van der Waals surface area contributed by atoms with Crippen LogP contribution in [0.3, 0.4) is 0 Å².